The molecule has 0 saturated carbocycles. The van der Waals surface area contributed by atoms with Crippen molar-refractivity contribution in [1.29, 1.82) is 0 Å². The van der Waals surface area contributed by atoms with Crippen LogP contribution in [-0.2, 0) is 16.1 Å². The number of esters is 1. The first-order chi connectivity index (χ1) is 11.2. The summed E-state index contributed by atoms with van der Waals surface area (Å²) in [5.74, 6) is -0.141. The van der Waals surface area contributed by atoms with Crippen LogP contribution < -0.4 is 5.73 Å². The van der Waals surface area contributed by atoms with E-state index < -0.39 is 0 Å². The fraction of sp³-hybridized carbons (Fsp3) is 0.389. The average Bonchev–Trinajstić information content (AvgIpc) is 3.14. The van der Waals surface area contributed by atoms with Gasteiger partial charge in [0, 0.05) is 25.6 Å². The predicted octanol–water partition coefficient (Wildman–Crippen LogP) is 3.11. The molecule has 0 unspecified atom stereocenters. The standard InChI is InChI=1S/C18H22N2O2S/c1-2-22-18(21)16-12-20(10-13-6-4-3-5-7-13)11-15(16)14-8-9-23-17(14)19/h3-9,15-16H,2,10-12,19H2,1H3/t15-,16-/m1/s1. The zero-order chi connectivity index (χ0) is 16.2. The van der Waals surface area contributed by atoms with Gasteiger partial charge in [-0.1, -0.05) is 30.3 Å². The van der Waals surface area contributed by atoms with Crippen molar-refractivity contribution < 1.29 is 9.53 Å². The molecule has 1 aliphatic rings. The van der Waals surface area contributed by atoms with Gasteiger partial charge in [0.05, 0.1) is 17.5 Å². The Morgan fingerprint density at radius 1 is 1.30 bits per heavy atom. The van der Waals surface area contributed by atoms with Crippen LogP contribution in [0.2, 0.25) is 0 Å². The van der Waals surface area contributed by atoms with Gasteiger partial charge in [-0.25, -0.2) is 0 Å². The van der Waals surface area contributed by atoms with Crippen LogP contribution in [0.15, 0.2) is 41.8 Å². The first-order valence-electron chi connectivity index (χ1n) is 7.94. The number of ether oxygens (including phenoxy) is 1. The van der Waals surface area contributed by atoms with Crippen LogP contribution in [0.4, 0.5) is 5.00 Å². The third kappa shape index (κ3) is 3.57. The lowest BCUT2D eigenvalue weighted by Crippen LogP contribution is -2.25. The fourth-order valence-corrected chi connectivity index (χ4v) is 4.01. The number of benzene rings is 1. The number of nitrogens with two attached hydrogens (primary N) is 1. The van der Waals surface area contributed by atoms with Crippen LogP contribution in [0.1, 0.15) is 24.0 Å². The highest BCUT2D eigenvalue weighted by molar-refractivity contribution is 7.14. The van der Waals surface area contributed by atoms with Gasteiger partial charge in [0.1, 0.15) is 0 Å². The molecule has 2 atom stereocenters. The molecule has 23 heavy (non-hydrogen) atoms. The van der Waals surface area contributed by atoms with Crippen LogP contribution in [0.5, 0.6) is 0 Å². The van der Waals surface area contributed by atoms with Crippen molar-refractivity contribution in [2.24, 2.45) is 5.92 Å². The molecule has 1 aromatic heterocycles. The van der Waals surface area contributed by atoms with Crippen LogP contribution in [0, 0.1) is 5.92 Å². The maximum Gasteiger partial charge on any atom is 0.310 e. The Balaban J connectivity index is 1.79. The number of anilines is 1. The molecule has 1 saturated heterocycles. The Morgan fingerprint density at radius 3 is 2.74 bits per heavy atom. The molecule has 3 rings (SSSR count). The monoisotopic (exact) mass is 330 g/mol. The van der Waals surface area contributed by atoms with Crippen LogP contribution in [-0.4, -0.2) is 30.6 Å². The molecule has 1 aromatic carbocycles. The highest BCUT2D eigenvalue weighted by Gasteiger charge is 2.40. The van der Waals surface area contributed by atoms with E-state index in [0.717, 1.165) is 23.7 Å². The lowest BCUT2D eigenvalue weighted by atomic mass is 9.90. The number of hydrogen-bond acceptors (Lipinski definition) is 5. The predicted molar refractivity (Wildman–Crippen MR) is 93.3 cm³/mol. The van der Waals surface area contributed by atoms with Gasteiger partial charge in [-0.2, -0.15) is 0 Å². The second kappa shape index (κ2) is 7.15. The third-order valence-electron chi connectivity index (χ3n) is 4.36. The Bertz CT molecular complexity index is 656. The molecule has 0 amide bonds. The van der Waals surface area contributed by atoms with E-state index >= 15 is 0 Å². The highest BCUT2D eigenvalue weighted by atomic mass is 32.1. The Labute approximate surface area is 140 Å². The van der Waals surface area contributed by atoms with E-state index in [2.05, 4.69) is 17.0 Å². The lowest BCUT2D eigenvalue weighted by Gasteiger charge is -2.16. The van der Waals surface area contributed by atoms with Gasteiger partial charge in [0.2, 0.25) is 0 Å². The largest absolute Gasteiger partial charge is 0.466 e. The number of likely N-dealkylation sites (tertiary alicyclic amines) is 1. The fourth-order valence-electron chi connectivity index (χ4n) is 3.30. The molecule has 2 heterocycles. The topological polar surface area (TPSA) is 55.6 Å². The molecule has 2 N–H and O–H groups in total. The summed E-state index contributed by atoms with van der Waals surface area (Å²) in [6.07, 6.45) is 0. The Hall–Kier alpha value is -1.85. The number of carbonyl (C=O) groups is 1. The normalized spacial score (nSPS) is 21.4. The SMILES string of the molecule is CCOC(=O)[C@@H]1CN(Cc2ccccc2)C[C@@H]1c1ccsc1N. The van der Waals surface area contributed by atoms with Gasteiger partial charge in [-0.3, -0.25) is 9.69 Å². The lowest BCUT2D eigenvalue weighted by molar-refractivity contribution is -0.148. The zero-order valence-corrected chi connectivity index (χ0v) is 14.1. The van der Waals surface area contributed by atoms with Crippen molar-refractivity contribution in [3.05, 3.63) is 52.9 Å². The van der Waals surface area contributed by atoms with E-state index in [-0.39, 0.29) is 17.8 Å². The number of carbonyl (C=O) groups excluding carboxylic acids is 1. The van der Waals surface area contributed by atoms with Gasteiger partial charge < -0.3 is 10.5 Å². The molecule has 1 fully saturated rings. The zero-order valence-electron chi connectivity index (χ0n) is 13.3. The molecule has 2 aromatic rings. The number of nitrogens with zero attached hydrogens (tertiary/aromatic N) is 1. The molecule has 0 radical (unpaired) electrons. The van der Waals surface area contributed by atoms with Crippen LogP contribution in [0.25, 0.3) is 0 Å². The molecule has 4 nitrogen and oxygen atoms in total. The average molecular weight is 330 g/mol. The van der Waals surface area contributed by atoms with E-state index in [4.69, 9.17) is 10.5 Å². The maximum absolute atomic E-state index is 12.4. The van der Waals surface area contributed by atoms with Crippen LogP contribution >= 0.6 is 11.3 Å². The van der Waals surface area contributed by atoms with Crippen molar-refractivity contribution in [2.75, 3.05) is 25.4 Å². The van der Waals surface area contributed by atoms with Crippen molar-refractivity contribution in [1.82, 2.24) is 4.90 Å². The summed E-state index contributed by atoms with van der Waals surface area (Å²) < 4.78 is 5.29. The van der Waals surface area contributed by atoms with Crippen LogP contribution in [0.3, 0.4) is 0 Å². The van der Waals surface area contributed by atoms with Crippen molar-refractivity contribution in [3.8, 4) is 0 Å². The molecule has 0 bridgehead atoms. The number of hydrogen-bond donors (Lipinski definition) is 1. The first-order valence-corrected chi connectivity index (χ1v) is 8.82. The van der Waals surface area contributed by atoms with E-state index in [9.17, 15) is 4.79 Å². The summed E-state index contributed by atoms with van der Waals surface area (Å²) in [6, 6.07) is 12.4. The first kappa shape index (κ1) is 16.0. The second-order valence-corrected chi connectivity index (χ2v) is 6.83. The van der Waals surface area contributed by atoms with Gasteiger partial charge >= 0.3 is 5.97 Å². The smallest absolute Gasteiger partial charge is 0.310 e. The maximum atomic E-state index is 12.4. The minimum atomic E-state index is -0.143. The van der Waals surface area contributed by atoms with E-state index in [1.807, 2.05) is 36.6 Å². The molecule has 1 aliphatic heterocycles. The summed E-state index contributed by atoms with van der Waals surface area (Å²) in [6.45, 7) is 4.66. The highest BCUT2D eigenvalue weighted by Crippen LogP contribution is 2.38. The summed E-state index contributed by atoms with van der Waals surface area (Å²) in [5, 5.41) is 2.80. The molecule has 122 valence electrons. The number of nitrogen functional groups attached to an aromatic ring is 1. The van der Waals surface area contributed by atoms with E-state index in [1.54, 1.807) is 0 Å². The Morgan fingerprint density at radius 2 is 2.09 bits per heavy atom. The van der Waals surface area contributed by atoms with Crippen molar-refractivity contribution in [2.45, 2.75) is 19.4 Å². The minimum Gasteiger partial charge on any atom is -0.466 e. The van der Waals surface area contributed by atoms with Gasteiger partial charge in [0.25, 0.3) is 0 Å². The quantitative estimate of drug-likeness (QED) is 0.856. The van der Waals surface area contributed by atoms with Gasteiger partial charge in [0.15, 0.2) is 0 Å². The summed E-state index contributed by atoms with van der Waals surface area (Å²) in [5.41, 5.74) is 8.45. The molecular formula is C18H22N2O2S. The number of thiophene rings is 1. The molecule has 5 heteroatoms. The molecular weight excluding hydrogens is 308 g/mol. The van der Waals surface area contributed by atoms with Gasteiger partial charge in [-0.15, -0.1) is 11.3 Å². The summed E-state index contributed by atoms with van der Waals surface area (Å²) >= 11 is 1.53. The van der Waals surface area contributed by atoms with Gasteiger partial charge in [-0.05, 0) is 29.5 Å². The van der Waals surface area contributed by atoms with E-state index in [0.29, 0.717) is 13.2 Å². The third-order valence-corrected chi connectivity index (χ3v) is 5.12. The van der Waals surface area contributed by atoms with Crippen molar-refractivity contribution in [3.63, 3.8) is 0 Å². The second-order valence-electron chi connectivity index (χ2n) is 5.88. The molecule has 0 spiro atoms. The molecule has 0 aliphatic carbocycles. The van der Waals surface area contributed by atoms with Crippen molar-refractivity contribution >= 4 is 22.3 Å². The number of rotatable bonds is 5. The summed E-state index contributed by atoms with van der Waals surface area (Å²) in [4.78, 5) is 14.7. The van der Waals surface area contributed by atoms with E-state index in [1.165, 1.54) is 16.9 Å². The Kier molecular flexibility index (Phi) is 4.98. The summed E-state index contributed by atoms with van der Waals surface area (Å²) in [7, 11) is 0. The minimum absolute atomic E-state index is 0.112.